The number of benzene rings is 2. The van der Waals surface area contributed by atoms with Crippen molar-refractivity contribution in [3.8, 4) is 0 Å². The van der Waals surface area contributed by atoms with Crippen LogP contribution in [0.15, 0.2) is 64.1 Å². The Kier molecular flexibility index (Phi) is 4.85. The molecular formula is C17H13BrN2O4S. The Balaban J connectivity index is 1.86. The van der Waals surface area contributed by atoms with Crippen LogP contribution in [-0.4, -0.2) is 19.4 Å². The molecule has 0 fully saturated rings. The van der Waals surface area contributed by atoms with E-state index in [4.69, 9.17) is 9.88 Å². The van der Waals surface area contributed by atoms with Gasteiger partial charge < -0.3 is 4.74 Å². The van der Waals surface area contributed by atoms with Gasteiger partial charge in [-0.1, -0.05) is 24.3 Å². The number of carbonyl (C=O) groups excluding carboxylic acids is 1. The van der Waals surface area contributed by atoms with Gasteiger partial charge in [0.15, 0.2) is 0 Å². The first kappa shape index (κ1) is 17.5. The number of para-hydroxylation sites is 1. The Hall–Kier alpha value is -2.29. The van der Waals surface area contributed by atoms with Gasteiger partial charge in [0, 0.05) is 21.6 Å². The van der Waals surface area contributed by atoms with Crippen molar-refractivity contribution in [3.63, 3.8) is 0 Å². The minimum atomic E-state index is -3.91. The Morgan fingerprint density at radius 1 is 1.16 bits per heavy atom. The molecule has 0 unspecified atom stereocenters. The highest BCUT2D eigenvalue weighted by atomic mass is 79.9. The minimum Gasteiger partial charge on any atom is -0.457 e. The molecule has 6 nitrogen and oxygen atoms in total. The third-order valence-corrected chi connectivity index (χ3v) is 5.16. The van der Waals surface area contributed by atoms with Gasteiger partial charge in [-0.05, 0) is 40.2 Å². The lowest BCUT2D eigenvalue weighted by Crippen LogP contribution is -2.14. The van der Waals surface area contributed by atoms with Crippen LogP contribution in [0.1, 0.15) is 15.9 Å². The molecule has 0 atom stereocenters. The molecule has 0 aliphatic heterocycles. The molecule has 0 saturated carbocycles. The van der Waals surface area contributed by atoms with E-state index in [1.54, 1.807) is 6.20 Å². The quantitative estimate of drug-likeness (QED) is 0.653. The van der Waals surface area contributed by atoms with E-state index < -0.39 is 16.0 Å². The number of carbonyl (C=O) groups is 1. The van der Waals surface area contributed by atoms with Crippen LogP contribution in [-0.2, 0) is 21.4 Å². The van der Waals surface area contributed by atoms with Gasteiger partial charge in [0.05, 0.1) is 16.0 Å². The fourth-order valence-corrected chi connectivity index (χ4v) is 3.29. The summed E-state index contributed by atoms with van der Waals surface area (Å²) in [7, 11) is -3.91. The lowest BCUT2D eigenvalue weighted by molar-refractivity contribution is 0.0473. The second-order valence-corrected chi connectivity index (χ2v) is 7.67. The highest BCUT2D eigenvalue weighted by Gasteiger charge is 2.17. The predicted molar refractivity (Wildman–Crippen MR) is 96.4 cm³/mol. The topological polar surface area (TPSA) is 99.4 Å². The first-order valence-electron chi connectivity index (χ1n) is 7.18. The number of hydrogen-bond acceptors (Lipinski definition) is 5. The average Bonchev–Trinajstić information content (AvgIpc) is 2.59. The van der Waals surface area contributed by atoms with E-state index in [0.29, 0.717) is 4.47 Å². The molecule has 0 aliphatic rings. The summed E-state index contributed by atoms with van der Waals surface area (Å²) in [5.41, 5.74) is 1.58. The lowest BCUT2D eigenvalue weighted by Gasteiger charge is -2.09. The van der Waals surface area contributed by atoms with E-state index in [-0.39, 0.29) is 17.1 Å². The minimum absolute atomic E-state index is 0.0131. The summed E-state index contributed by atoms with van der Waals surface area (Å²) in [4.78, 5) is 16.5. The first-order valence-corrected chi connectivity index (χ1v) is 9.52. The Morgan fingerprint density at radius 3 is 2.68 bits per heavy atom. The van der Waals surface area contributed by atoms with Crippen LogP contribution in [0.3, 0.4) is 0 Å². The van der Waals surface area contributed by atoms with Gasteiger partial charge in [-0.3, -0.25) is 4.98 Å². The monoisotopic (exact) mass is 420 g/mol. The number of nitrogens with two attached hydrogens (primary N) is 1. The van der Waals surface area contributed by atoms with Crippen molar-refractivity contribution in [2.75, 3.05) is 0 Å². The summed E-state index contributed by atoms with van der Waals surface area (Å²) < 4.78 is 28.6. The third-order valence-electron chi connectivity index (χ3n) is 3.56. The number of hydrogen-bond donors (Lipinski definition) is 1. The molecule has 3 aromatic rings. The van der Waals surface area contributed by atoms with E-state index in [1.165, 1.54) is 18.2 Å². The second-order valence-electron chi connectivity index (χ2n) is 5.26. The van der Waals surface area contributed by atoms with Crippen LogP contribution < -0.4 is 5.14 Å². The van der Waals surface area contributed by atoms with Crippen molar-refractivity contribution < 1.29 is 17.9 Å². The number of nitrogens with zero attached hydrogens (tertiary/aromatic N) is 1. The van der Waals surface area contributed by atoms with Gasteiger partial charge >= 0.3 is 5.97 Å². The zero-order valence-electron chi connectivity index (χ0n) is 12.8. The van der Waals surface area contributed by atoms with Crippen molar-refractivity contribution >= 4 is 42.8 Å². The lowest BCUT2D eigenvalue weighted by atomic mass is 10.1. The van der Waals surface area contributed by atoms with Gasteiger partial charge in [-0.25, -0.2) is 18.4 Å². The number of aromatic nitrogens is 1. The molecule has 0 radical (unpaired) electrons. The van der Waals surface area contributed by atoms with Crippen molar-refractivity contribution in [1.82, 2.24) is 4.98 Å². The van der Waals surface area contributed by atoms with Crippen LogP contribution in [0.2, 0.25) is 0 Å². The van der Waals surface area contributed by atoms with Crippen molar-refractivity contribution in [1.29, 1.82) is 0 Å². The molecule has 0 aliphatic carbocycles. The summed E-state index contributed by atoms with van der Waals surface area (Å²) in [5, 5.41) is 6.04. The van der Waals surface area contributed by atoms with E-state index in [2.05, 4.69) is 20.9 Å². The third kappa shape index (κ3) is 3.87. The van der Waals surface area contributed by atoms with E-state index in [9.17, 15) is 13.2 Å². The van der Waals surface area contributed by atoms with Crippen molar-refractivity contribution in [3.05, 3.63) is 70.3 Å². The Bertz CT molecular complexity index is 1060. The summed E-state index contributed by atoms with van der Waals surface area (Å²) in [5.74, 6) is -0.662. The fraction of sp³-hybridized carbons (Fsp3) is 0.0588. The molecule has 0 spiro atoms. The first-order chi connectivity index (χ1) is 11.9. The van der Waals surface area contributed by atoms with E-state index >= 15 is 0 Å². The van der Waals surface area contributed by atoms with E-state index in [0.717, 1.165) is 16.5 Å². The van der Waals surface area contributed by atoms with Crippen LogP contribution in [0, 0.1) is 0 Å². The number of esters is 1. The Labute approximate surface area is 152 Å². The summed E-state index contributed by atoms with van der Waals surface area (Å²) in [6.07, 6.45) is 1.67. The number of fused-ring (bicyclic) bond motifs is 1. The van der Waals surface area contributed by atoms with Gasteiger partial charge in [-0.15, -0.1) is 0 Å². The predicted octanol–water partition coefficient (Wildman–Crippen LogP) is 3.00. The molecule has 2 N–H and O–H groups in total. The molecule has 0 saturated heterocycles. The summed E-state index contributed by atoms with van der Waals surface area (Å²) >= 11 is 3.21. The van der Waals surface area contributed by atoms with Gasteiger partial charge in [0.1, 0.15) is 6.61 Å². The number of ether oxygens (including phenoxy) is 1. The fourth-order valence-electron chi connectivity index (χ4n) is 2.34. The highest BCUT2D eigenvalue weighted by molar-refractivity contribution is 9.10. The average molecular weight is 421 g/mol. The molecule has 8 heteroatoms. The number of primary sulfonamides is 1. The van der Waals surface area contributed by atoms with Crippen LogP contribution in [0.5, 0.6) is 0 Å². The van der Waals surface area contributed by atoms with Crippen LogP contribution in [0.25, 0.3) is 10.9 Å². The second kappa shape index (κ2) is 6.91. The summed E-state index contributed by atoms with van der Waals surface area (Å²) in [6, 6.07) is 13.3. The Morgan fingerprint density at radius 2 is 1.92 bits per heavy atom. The normalized spacial score (nSPS) is 11.4. The molecular weight excluding hydrogens is 408 g/mol. The maximum atomic E-state index is 12.3. The molecule has 128 valence electrons. The zero-order valence-corrected chi connectivity index (χ0v) is 15.2. The van der Waals surface area contributed by atoms with Crippen molar-refractivity contribution in [2.45, 2.75) is 11.5 Å². The summed E-state index contributed by atoms with van der Waals surface area (Å²) in [6.45, 7) is 0.0131. The number of rotatable bonds is 4. The molecule has 3 rings (SSSR count). The molecule has 2 aromatic carbocycles. The van der Waals surface area contributed by atoms with Gasteiger partial charge in [0.25, 0.3) is 0 Å². The maximum absolute atomic E-state index is 12.3. The maximum Gasteiger partial charge on any atom is 0.339 e. The highest BCUT2D eigenvalue weighted by Crippen LogP contribution is 2.23. The zero-order chi connectivity index (χ0) is 18.0. The number of sulfonamides is 1. The van der Waals surface area contributed by atoms with Crippen LogP contribution in [0.4, 0.5) is 0 Å². The largest absolute Gasteiger partial charge is 0.457 e. The SMILES string of the molecule is NS(=O)(=O)c1ccc(Br)c(C(=O)OCc2cccc3cccnc23)c1. The standard InChI is InChI=1S/C17H13BrN2O4S/c18-15-7-6-13(25(19,22)23)9-14(15)17(21)24-10-12-4-1-3-11-5-2-8-20-16(11)12/h1-9H,10H2,(H2,19,22,23). The van der Waals surface area contributed by atoms with Crippen molar-refractivity contribution in [2.24, 2.45) is 5.14 Å². The number of pyridine rings is 1. The molecule has 0 bridgehead atoms. The van der Waals surface area contributed by atoms with E-state index in [1.807, 2.05) is 30.3 Å². The van der Waals surface area contributed by atoms with Crippen LogP contribution >= 0.6 is 15.9 Å². The molecule has 1 heterocycles. The smallest absolute Gasteiger partial charge is 0.339 e. The van der Waals surface area contributed by atoms with Gasteiger partial charge in [-0.2, -0.15) is 0 Å². The van der Waals surface area contributed by atoms with Gasteiger partial charge in [0.2, 0.25) is 10.0 Å². The number of halogens is 1. The molecule has 0 amide bonds. The molecule has 25 heavy (non-hydrogen) atoms. The molecule has 1 aromatic heterocycles.